The van der Waals surface area contributed by atoms with Gasteiger partial charge in [0.25, 0.3) is 0 Å². The lowest BCUT2D eigenvalue weighted by atomic mass is 10.2. The molecule has 17 heavy (non-hydrogen) atoms. The molecule has 0 aliphatic carbocycles. The number of pyridine rings is 1. The van der Waals surface area contributed by atoms with Gasteiger partial charge in [-0.1, -0.05) is 24.3 Å². The first-order chi connectivity index (χ1) is 8.33. The Bertz CT molecular complexity index is 662. The van der Waals surface area contributed by atoms with Gasteiger partial charge in [0.05, 0.1) is 11.2 Å². The molecule has 0 unspecified atom stereocenters. The van der Waals surface area contributed by atoms with Gasteiger partial charge in [-0.2, -0.15) is 0 Å². The Kier molecular flexibility index (Phi) is 2.19. The van der Waals surface area contributed by atoms with Crippen molar-refractivity contribution in [1.82, 2.24) is 15.2 Å². The minimum Gasteiger partial charge on any atom is -0.382 e. The topological polar surface area (TPSA) is 64.7 Å². The molecule has 0 amide bonds. The van der Waals surface area contributed by atoms with E-state index in [1.807, 2.05) is 42.5 Å². The highest BCUT2D eigenvalue weighted by Crippen LogP contribution is 2.18. The predicted octanol–water partition coefficient (Wildman–Crippen LogP) is 2.27. The van der Waals surface area contributed by atoms with Gasteiger partial charge in [-0.25, -0.2) is 4.98 Å². The van der Waals surface area contributed by atoms with Gasteiger partial charge >= 0.3 is 0 Å². The highest BCUT2D eigenvalue weighted by molar-refractivity contribution is 5.80. The van der Waals surface area contributed by atoms with Crippen LogP contribution in [0, 0.1) is 0 Å². The Balaban J connectivity index is 2.14. The van der Waals surface area contributed by atoms with Crippen LogP contribution in [0.4, 0.5) is 5.82 Å². The van der Waals surface area contributed by atoms with Gasteiger partial charge in [-0.05, 0) is 24.3 Å². The first-order valence-corrected chi connectivity index (χ1v) is 5.28. The van der Waals surface area contributed by atoms with Crippen LogP contribution in [-0.4, -0.2) is 15.2 Å². The van der Waals surface area contributed by atoms with E-state index in [4.69, 9.17) is 5.73 Å². The quantitative estimate of drug-likeness (QED) is 0.686. The fourth-order valence-electron chi connectivity index (χ4n) is 1.69. The maximum Gasteiger partial charge on any atom is 0.146 e. The van der Waals surface area contributed by atoms with Crippen LogP contribution < -0.4 is 5.73 Å². The summed E-state index contributed by atoms with van der Waals surface area (Å²) >= 11 is 0. The Hall–Kier alpha value is -2.49. The van der Waals surface area contributed by atoms with E-state index in [1.165, 1.54) is 0 Å². The van der Waals surface area contributed by atoms with E-state index in [1.54, 1.807) is 6.07 Å². The van der Waals surface area contributed by atoms with Gasteiger partial charge in [0.15, 0.2) is 0 Å². The molecule has 0 bridgehead atoms. The number of nitrogens with two attached hydrogens (primary N) is 1. The van der Waals surface area contributed by atoms with Crippen molar-refractivity contribution in [1.29, 1.82) is 0 Å². The summed E-state index contributed by atoms with van der Waals surface area (Å²) < 4.78 is 0. The Morgan fingerprint density at radius 1 is 0.765 bits per heavy atom. The normalized spacial score (nSPS) is 10.6. The predicted molar refractivity (Wildman–Crippen MR) is 67.2 cm³/mol. The smallest absolute Gasteiger partial charge is 0.146 e. The highest BCUT2D eigenvalue weighted by atomic mass is 15.1. The Labute approximate surface area is 98.1 Å². The second kappa shape index (κ2) is 3.83. The minimum absolute atomic E-state index is 0.412. The number of aromatic nitrogens is 3. The average Bonchev–Trinajstić information content (AvgIpc) is 2.39. The van der Waals surface area contributed by atoms with E-state index >= 15 is 0 Å². The Morgan fingerprint density at radius 2 is 1.59 bits per heavy atom. The van der Waals surface area contributed by atoms with Gasteiger partial charge < -0.3 is 5.73 Å². The zero-order valence-corrected chi connectivity index (χ0v) is 9.04. The van der Waals surface area contributed by atoms with Crippen LogP contribution in [0.2, 0.25) is 0 Å². The van der Waals surface area contributed by atoms with Gasteiger partial charge in [0.1, 0.15) is 11.5 Å². The maximum atomic E-state index is 5.50. The molecule has 2 N–H and O–H groups in total. The van der Waals surface area contributed by atoms with Gasteiger partial charge in [-0.15, -0.1) is 10.2 Å². The number of fused-ring (bicyclic) bond motifs is 1. The number of para-hydroxylation sites is 1. The first-order valence-electron chi connectivity index (χ1n) is 5.28. The van der Waals surface area contributed by atoms with Crippen LogP contribution >= 0.6 is 0 Å². The first kappa shape index (κ1) is 9.72. The van der Waals surface area contributed by atoms with Crippen LogP contribution in [0.5, 0.6) is 0 Å². The molecule has 0 saturated heterocycles. The summed E-state index contributed by atoms with van der Waals surface area (Å²) in [4.78, 5) is 4.53. The monoisotopic (exact) mass is 222 g/mol. The summed E-state index contributed by atoms with van der Waals surface area (Å²) in [7, 11) is 0. The van der Waals surface area contributed by atoms with Crippen molar-refractivity contribution in [2.45, 2.75) is 0 Å². The van der Waals surface area contributed by atoms with Gasteiger partial charge in [0.2, 0.25) is 0 Å². The standard InChI is InChI=1S/C13H10N4/c14-13-8-7-12(16-17-13)11-6-5-9-3-1-2-4-10(9)15-11/h1-8H,(H2,14,17). The van der Waals surface area contributed by atoms with Crippen molar-refractivity contribution in [2.24, 2.45) is 0 Å². The van der Waals surface area contributed by atoms with Gasteiger partial charge in [-0.3, -0.25) is 0 Å². The van der Waals surface area contributed by atoms with E-state index < -0.39 is 0 Å². The number of nitrogens with zero attached hydrogens (tertiary/aromatic N) is 3. The number of anilines is 1. The molecule has 0 atom stereocenters. The summed E-state index contributed by atoms with van der Waals surface area (Å²) in [6.07, 6.45) is 0. The number of hydrogen-bond acceptors (Lipinski definition) is 4. The average molecular weight is 222 g/mol. The molecule has 0 saturated carbocycles. The molecule has 3 aromatic rings. The molecule has 0 fully saturated rings. The molecule has 3 rings (SSSR count). The SMILES string of the molecule is Nc1ccc(-c2ccc3ccccc3n2)nn1. The summed E-state index contributed by atoms with van der Waals surface area (Å²) in [5.74, 6) is 0.412. The highest BCUT2D eigenvalue weighted by Gasteiger charge is 2.02. The zero-order chi connectivity index (χ0) is 11.7. The fraction of sp³-hybridized carbons (Fsp3) is 0. The van der Waals surface area contributed by atoms with Crippen molar-refractivity contribution in [3.63, 3.8) is 0 Å². The lowest BCUT2D eigenvalue weighted by Gasteiger charge is -2.01. The third kappa shape index (κ3) is 1.80. The van der Waals surface area contributed by atoms with E-state index in [2.05, 4.69) is 15.2 Å². The van der Waals surface area contributed by atoms with E-state index in [-0.39, 0.29) is 0 Å². The zero-order valence-electron chi connectivity index (χ0n) is 9.04. The van der Waals surface area contributed by atoms with E-state index in [9.17, 15) is 0 Å². The molecule has 2 aromatic heterocycles. The van der Waals surface area contributed by atoms with E-state index in [0.717, 1.165) is 22.3 Å². The van der Waals surface area contributed by atoms with Crippen LogP contribution in [0.3, 0.4) is 0 Å². The number of nitrogen functional groups attached to an aromatic ring is 1. The molecule has 2 heterocycles. The molecule has 0 spiro atoms. The summed E-state index contributed by atoms with van der Waals surface area (Å²) in [5, 5.41) is 8.95. The third-order valence-electron chi connectivity index (χ3n) is 2.55. The van der Waals surface area contributed by atoms with Crippen molar-refractivity contribution >= 4 is 16.7 Å². The Morgan fingerprint density at radius 3 is 2.41 bits per heavy atom. The van der Waals surface area contributed by atoms with E-state index in [0.29, 0.717) is 5.82 Å². The molecule has 4 nitrogen and oxygen atoms in total. The van der Waals surface area contributed by atoms with Crippen molar-refractivity contribution in [3.8, 4) is 11.4 Å². The van der Waals surface area contributed by atoms with Crippen LogP contribution in [0.25, 0.3) is 22.3 Å². The number of benzene rings is 1. The van der Waals surface area contributed by atoms with Crippen LogP contribution in [0.15, 0.2) is 48.5 Å². The second-order valence-electron chi connectivity index (χ2n) is 3.73. The molecule has 0 aliphatic heterocycles. The van der Waals surface area contributed by atoms with Crippen LogP contribution in [0.1, 0.15) is 0 Å². The molecule has 1 aromatic carbocycles. The number of hydrogen-bond donors (Lipinski definition) is 1. The fourth-order valence-corrected chi connectivity index (χ4v) is 1.69. The number of rotatable bonds is 1. The maximum absolute atomic E-state index is 5.50. The molecular formula is C13H10N4. The minimum atomic E-state index is 0.412. The van der Waals surface area contributed by atoms with Crippen LogP contribution in [-0.2, 0) is 0 Å². The molecule has 0 aliphatic rings. The van der Waals surface area contributed by atoms with Crippen molar-refractivity contribution in [3.05, 3.63) is 48.5 Å². The second-order valence-corrected chi connectivity index (χ2v) is 3.73. The lowest BCUT2D eigenvalue weighted by molar-refractivity contribution is 1.04. The van der Waals surface area contributed by atoms with Gasteiger partial charge in [0, 0.05) is 5.39 Å². The molecule has 4 heteroatoms. The molecule has 0 radical (unpaired) electrons. The third-order valence-corrected chi connectivity index (χ3v) is 2.55. The van der Waals surface area contributed by atoms with Crippen molar-refractivity contribution in [2.75, 3.05) is 5.73 Å². The largest absolute Gasteiger partial charge is 0.382 e. The molecular weight excluding hydrogens is 212 g/mol. The van der Waals surface area contributed by atoms with Crippen molar-refractivity contribution < 1.29 is 0 Å². The summed E-state index contributed by atoms with van der Waals surface area (Å²) in [6, 6.07) is 15.5. The summed E-state index contributed by atoms with van der Waals surface area (Å²) in [6.45, 7) is 0. The molecule has 82 valence electrons. The summed E-state index contributed by atoms with van der Waals surface area (Å²) in [5.41, 5.74) is 7.98. The lowest BCUT2D eigenvalue weighted by Crippen LogP contribution is -1.95.